The molecule has 1 fully saturated rings. The number of imide groups is 2. The van der Waals surface area contributed by atoms with Gasteiger partial charge in [-0.05, 0) is 11.5 Å². The summed E-state index contributed by atoms with van der Waals surface area (Å²) in [6.45, 7) is 3.02. The molecule has 0 aliphatic carbocycles. The summed E-state index contributed by atoms with van der Waals surface area (Å²) in [5, 5.41) is 2.47. The van der Waals surface area contributed by atoms with E-state index in [2.05, 4.69) is 5.32 Å². The first-order chi connectivity index (χ1) is 13.2. The number of ether oxygens (including phenoxy) is 1. The van der Waals surface area contributed by atoms with Crippen LogP contribution >= 0.6 is 0 Å². The minimum absolute atomic E-state index is 0.0240. The van der Waals surface area contributed by atoms with Gasteiger partial charge in [0.15, 0.2) is 0 Å². The lowest BCUT2D eigenvalue weighted by Gasteiger charge is -2.19. The normalized spacial score (nSPS) is 15.2. The third-order valence-corrected chi connectivity index (χ3v) is 4.09. The van der Waals surface area contributed by atoms with Crippen LogP contribution in [0, 0.1) is 5.92 Å². The Balaban J connectivity index is 2.05. The highest BCUT2D eigenvalue weighted by Gasteiger charge is 2.45. The van der Waals surface area contributed by atoms with Crippen LogP contribution in [0.15, 0.2) is 30.3 Å². The van der Waals surface area contributed by atoms with Crippen LogP contribution in [-0.4, -0.2) is 65.8 Å². The summed E-state index contributed by atoms with van der Waals surface area (Å²) < 4.78 is 4.71. The van der Waals surface area contributed by atoms with Crippen LogP contribution in [0.4, 0.5) is 4.79 Å². The van der Waals surface area contributed by atoms with Crippen molar-refractivity contribution in [3.05, 3.63) is 35.9 Å². The maximum atomic E-state index is 12.4. The maximum absolute atomic E-state index is 12.4. The number of nitrogens with zero attached hydrogens (tertiary/aromatic N) is 2. The molecule has 1 aromatic rings. The van der Waals surface area contributed by atoms with Crippen LogP contribution in [0.5, 0.6) is 0 Å². The van der Waals surface area contributed by atoms with E-state index in [4.69, 9.17) is 4.74 Å². The van der Waals surface area contributed by atoms with Crippen LogP contribution in [0.25, 0.3) is 0 Å². The van der Waals surface area contributed by atoms with Gasteiger partial charge in [0.05, 0.1) is 7.11 Å². The Bertz CT molecular complexity index is 777. The molecule has 28 heavy (non-hydrogen) atoms. The Kier molecular flexibility index (Phi) is 6.86. The number of methoxy groups -OCH3 is 1. The van der Waals surface area contributed by atoms with Crippen molar-refractivity contribution in [3.8, 4) is 0 Å². The van der Waals surface area contributed by atoms with Crippen molar-refractivity contribution in [2.45, 2.75) is 26.3 Å². The largest absolute Gasteiger partial charge is 0.467 e. The van der Waals surface area contributed by atoms with Crippen molar-refractivity contribution in [2.75, 3.05) is 20.2 Å². The van der Waals surface area contributed by atoms with Gasteiger partial charge in [-0.15, -0.1) is 0 Å². The number of carbonyl (C=O) groups excluding carboxylic acids is 5. The van der Waals surface area contributed by atoms with Crippen molar-refractivity contribution in [1.82, 2.24) is 15.1 Å². The summed E-state index contributed by atoms with van der Waals surface area (Å²) in [5.74, 6) is -3.44. The van der Waals surface area contributed by atoms with Crippen molar-refractivity contribution in [2.24, 2.45) is 5.92 Å². The van der Waals surface area contributed by atoms with Crippen LogP contribution in [0.1, 0.15) is 19.4 Å². The summed E-state index contributed by atoms with van der Waals surface area (Å²) in [6.07, 6.45) is 0.180. The molecule has 9 heteroatoms. The summed E-state index contributed by atoms with van der Waals surface area (Å²) in [5.41, 5.74) is 0.796. The molecule has 0 saturated carbocycles. The molecule has 2 rings (SSSR count). The Labute approximate surface area is 162 Å². The zero-order valence-electron chi connectivity index (χ0n) is 16.0. The van der Waals surface area contributed by atoms with Gasteiger partial charge in [0, 0.05) is 13.0 Å². The van der Waals surface area contributed by atoms with E-state index in [0.717, 1.165) is 10.5 Å². The van der Waals surface area contributed by atoms with Gasteiger partial charge >= 0.3 is 23.8 Å². The molecule has 0 radical (unpaired) electrons. The summed E-state index contributed by atoms with van der Waals surface area (Å²) in [4.78, 5) is 62.1. The number of carbonyl (C=O) groups is 5. The number of rotatable bonds is 8. The fraction of sp³-hybridized carbons (Fsp3) is 0.421. The molecule has 0 bridgehead atoms. The number of benzene rings is 1. The monoisotopic (exact) mass is 389 g/mol. The van der Waals surface area contributed by atoms with Gasteiger partial charge in [0.2, 0.25) is 5.91 Å². The molecule has 1 heterocycles. The topological polar surface area (TPSA) is 113 Å². The SMILES string of the molecule is COC(=O)[C@@H](Cc1ccccc1)NC(=O)CN1C(=O)C(=O)N(CC(C)C)C1=O. The van der Waals surface area contributed by atoms with Crippen molar-refractivity contribution in [1.29, 1.82) is 0 Å². The zero-order valence-corrected chi connectivity index (χ0v) is 16.0. The maximum Gasteiger partial charge on any atom is 0.334 e. The number of amides is 5. The van der Waals surface area contributed by atoms with Gasteiger partial charge < -0.3 is 10.1 Å². The fourth-order valence-corrected chi connectivity index (χ4v) is 2.78. The Morgan fingerprint density at radius 3 is 2.21 bits per heavy atom. The van der Waals surface area contributed by atoms with Crippen LogP contribution in [0.3, 0.4) is 0 Å². The highest BCUT2D eigenvalue weighted by Crippen LogP contribution is 2.14. The molecule has 1 atom stereocenters. The van der Waals surface area contributed by atoms with Gasteiger partial charge in [0.1, 0.15) is 12.6 Å². The molecule has 1 aliphatic heterocycles. The van der Waals surface area contributed by atoms with E-state index in [9.17, 15) is 24.0 Å². The average molecular weight is 389 g/mol. The number of nitrogens with one attached hydrogen (secondary N) is 1. The molecular weight excluding hydrogens is 366 g/mol. The first kappa shape index (κ1) is 21.1. The molecule has 0 spiro atoms. The number of esters is 1. The summed E-state index contributed by atoms with van der Waals surface area (Å²) in [7, 11) is 1.20. The van der Waals surface area contributed by atoms with E-state index in [-0.39, 0.29) is 18.9 Å². The molecule has 0 unspecified atom stereocenters. The van der Waals surface area contributed by atoms with E-state index in [0.29, 0.717) is 4.90 Å². The Morgan fingerprint density at radius 1 is 1.04 bits per heavy atom. The first-order valence-corrected chi connectivity index (χ1v) is 8.83. The molecule has 1 aliphatic rings. The van der Waals surface area contributed by atoms with Crippen LogP contribution in [0.2, 0.25) is 0 Å². The van der Waals surface area contributed by atoms with E-state index in [1.54, 1.807) is 38.1 Å². The molecule has 1 saturated heterocycles. The molecule has 0 aromatic heterocycles. The third-order valence-electron chi connectivity index (χ3n) is 4.09. The van der Waals surface area contributed by atoms with E-state index in [1.807, 2.05) is 6.07 Å². The van der Waals surface area contributed by atoms with Crippen molar-refractivity contribution >= 4 is 29.7 Å². The number of hydrogen-bond acceptors (Lipinski definition) is 6. The molecule has 1 N–H and O–H groups in total. The van der Waals surface area contributed by atoms with Gasteiger partial charge in [-0.25, -0.2) is 14.5 Å². The van der Waals surface area contributed by atoms with Gasteiger partial charge in [0.25, 0.3) is 0 Å². The number of urea groups is 1. The lowest BCUT2D eigenvalue weighted by Crippen LogP contribution is -2.48. The minimum Gasteiger partial charge on any atom is -0.467 e. The average Bonchev–Trinajstić information content (AvgIpc) is 2.85. The predicted molar refractivity (Wildman–Crippen MR) is 97.8 cm³/mol. The minimum atomic E-state index is -1.06. The van der Waals surface area contributed by atoms with E-state index >= 15 is 0 Å². The highest BCUT2D eigenvalue weighted by molar-refractivity contribution is 6.45. The number of hydrogen-bond donors (Lipinski definition) is 1. The van der Waals surface area contributed by atoms with E-state index in [1.165, 1.54) is 7.11 Å². The lowest BCUT2D eigenvalue weighted by atomic mass is 10.1. The molecule has 5 amide bonds. The predicted octanol–water partition coefficient (Wildman–Crippen LogP) is 0.334. The third kappa shape index (κ3) is 4.93. The molecule has 9 nitrogen and oxygen atoms in total. The quantitative estimate of drug-likeness (QED) is 0.390. The summed E-state index contributed by atoms with van der Waals surface area (Å²) in [6, 6.07) is 7.16. The van der Waals surface area contributed by atoms with Crippen LogP contribution < -0.4 is 5.32 Å². The fourth-order valence-electron chi connectivity index (χ4n) is 2.78. The van der Waals surface area contributed by atoms with Gasteiger partial charge in [-0.1, -0.05) is 44.2 Å². The lowest BCUT2D eigenvalue weighted by molar-refractivity contribution is -0.146. The van der Waals surface area contributed by atoms with Gasteiger partial charge in [-0.2, -0.15) is 0 Å². The zero-order chi connectivity index (χ0) is 20.8. The van der Waals surface area contributed by atoms with Gasteiger partial charge in [-0.3, -0.25) is 19.3 Å². The second kappa shape index (κ2) is 9.12. The standard InChI is InChI=1S/C19H23N3O6/c1-12(2)10-21-16(24)17(25)22(19(21)27)11-15(23)20-14(18(26)28-3)9-13-7-5-4-6-8-13/h4-8,12,14H,9-11H2,1-3H3,(H,20,23)/t14-/m1/s1. The van der Waals surface area contributed by atoms with Crippen LogP contribution in [-0.2, 0) is 30.3 Å². The van der Waals surface area contributed by atoms with E-state index < -0.39 is 42.3 Å². The van der Waals surface area contributed by atoms with Crippen molar-refractivity contribution < 1.29 is 28.7 Å². The first-order valence-electron chi connectivity index (χ1n) is 8.83. The Hall–Kier alpha value is -3.23. The summed E-state index contributed by atoms with van der Waals surface area (Å²) >= 11 is 0. The second-order valence-electron chi connectivity index (χ2n) is 6.82. The highest BCUT2D eigenvalue weighted by atomic mass is 16.5. The second-order valence-corrected chi connectivity index (χ2v) is 6.82. The smallest absolute Gasteiger partial charge is 0.334 e. The molecule has 1 aromatic carbocycles. The van der Waals surface area contributed by atoms with Crippen molar-refractivity contribution in [3.63, 3.8) is 0 Å². The Morgan fingerprint density at radius 2 is 1.64 bits per heavy atom. The molecular formula is C19H23N3O6. The molecule has 150 valence electrons.